The number of benzene rings is 1. The fraction of sp³-hybridized carbons (Fsp3) is 0.0833. The molecule has 0 aliphatic rings. The van der Waals surface area contributed by atoms with Gasteiger partial charge in [0.25, 0.3) is 0 Å². The summed E-state index contributed by atoms with van der Waals surface area (Å²) >= 11 is 5.98. The van der Waals surface area contributed by atoms with Crippen molar-refractivity contribution >= 4 is 11.6 Å². The van der Waals surface area contributed by atoms with Crippen LogP contribution in [0.3, 0.4) is 0 Å². The SMILES string of the molecule is O[C@H](c1ccccn1)c1ccccc1Cl. The van der Waals surface area contributed by atoms with Gasteiger partial charge in [0.2, 0.25) is 0 Å². The molecule has 1 aromatic carbocycles. The van der Waals surface area contributed by atoms with Crippen molar-refractivity contribution in [1.29, 1.82) is 0 Å². The Morgan fingerprint density at radius 3 is 2.47 bits per heavy atom. The van der Waals surface area contributed by atoms with Crippen LogP contribution in [-0.4, -0.2) is 10.1 Å². The highest BCUT2D eigenvalue weighted by atomic mass is 35.5. The average Bonchev–Trinajstić information content (AvgIpc) is 2.30. The molecule has 1 N–H and O–H groups in total. The molecule has 0 bridgehead atoms. The first kappa shape index (κ1) is 10.1. The van der Waals surface area contributed by atoms with Gasteiger partial charge in [-0.15, -0.1) is 0 Å². The van der Waals surface area contributed by atoms with Crippen LogP contribution < -0.4 is 0 Å². The number of aliphatic hydroxyl groups excluding tert-OH is 1. The topological polar surface area (TPSA) is 33.1 Å². The summed E-state index contributed by atoms with van der Waals surface area (Å²) in [5.74, 6) is 0. The van der Waals surface area contributed by atoms with Gasteiger partial charge in [0.05, 0.1) is 5.69 Å². The van der Waals surface area contributed by atoms with Crippen LogP contribution in [0.15, 0.2) is 48.7 Å². The molecule has 76 valence electrons. The average molecular weight is 220 g/mol. The molecule has 3 heteroatoms. The summed E-state index contributed by atoms with van der Waals surface area (Å²) in [5.41, 5.74) is 1.28. The van der Waals surface area contributed by atoms with E-state index >= 15 is 0 Å². The lowest BCUT2D eigenvalue weighted by Gasteiger charge is -2.11. The second kappa shape index (κ2) is 4.43. The number of aromatic nitrogens is 1. The summed E-state index contributed by atoms with van der Waals surface area (Å²) in [6.45, 7) is 0. The number of halogens is 1. The maximum atomic E-state index is 10.0. The largest absolute Gasteiger partial charge is 0.382 e. The van der Waals surface area contributed by atoms with Gasteiger partial charge >= 0.3 is 0 Å². The van der Waals surface area contributed by atoms with Gasteiger partial charge in [-0.2, -0.15) is 0 Å². The van der Waals surface area contributed by atoms with Gasteiger partial charge in [-0.25, -0.2) is 0 Å². The van der Waals surface area contributed by atoms with Crippen LogP contribution in [-0.2, 0) is 0 Å². The number of hydrogen-bond donors (Lipinski definition) is 1. The molecule has 1 heterocycles. The zero-order valence-electron chi connectivity index (χ0n) is 7.97. The number of nitrogens with zero attached hydrogens (tertiary/aromatic N) is 1. The Morgan fingerprint density at radius 2 is 1.80 bits per heavy atom. The molecule has 0 saturated heterocycles. The van der Waals surface area contributed by atoms with E-state index in [0.29, 0.717) is 16.3 Å². The fourth-order valence-corrected chi connectivity index (χ4v) is 1.63. The first-order chi connectivity index (χ1) is 7.29. The Hall–Kier alpha value is -1.38. The molecule has 0 spiro atoms. The van der Waals surface area contributed by atoms with Crippen molar-refractivity contribution in [2.24, 2.45) is 0 Å². The molecule has 2 rings (SSSR count). The quantitative estimate of drug-likeness (QED) is 0.843. The van der Waals surface area contributed by atoms with Crippen molar-refractivity contribution < 1.29 is 5.11 Å². The number of rotatable bonds is 2. The Morgan fingerprint density at radius 1 is 1.07 bits per heavy atom. The predicted molar refractivity (Wildman–Crippen MR) is 59.8 cm³/mol. The number of aliphatic hydroxyl groups is 1. The summed E-state index contributed by atoms with van der Waals surface area (Å²) in [4.78, 5) is 4.09. The molecular weight excluding hydrogens is 210 g/mol. The lowest BCUT2D eigenvalue weighted by atomic mass is 10.1. The van der Waals surface area contributed by atoms with E-state index in [2.05, 4.69) is 4.98 Å². The summed E-state index contributed by atoms with van der Waals surface area (Å²) in [6.07, 6.45) is 0.884. The monoisotopic (exact) mass is 219 g/mol. The van der Waals surface area contributed by atoms with Gasteiger partial charge in [0, 0.05) is 16.8 Å². The van der Waals surface area contributed by atoms with E-state index in [0.717, 1.165) is 0 Å². The van der Waals surface area contributed by atoms with Crippen molar-refractivity contribution in [3.05, 3.63) is 64.9 Å². The van der Waals surface area contributed by atoms with Crippen molar-refractivity contribution in [2.45, 2.75) is 6.10 Å². The molecule has 0 saturated carbocycles. The zero-order valence-corrected chi connectivity index (χ0v) is 8.72. The van der Waals surface area contributed by atoms with E-state index in [1.165, 1.54) is 0 Å². The Bertz CT molecular complexity index is 444. The van der Waals surface area contributed by atoms with Gasteiger partial charge in [-0.1, -0.05) is 35.9 Å². The third-order valence-electron chi connectivity index (χ3n) is 2.17. The minimum Gasteiger partial charge on any atom is -0.382 e. The summed E-state index contributed by atoms with van der Waals surface area (Å²) in [7, 11) is 0. The summed E-state index contributed by atoms with van der Waals surface area (Å²) in [5, 5.41) is 10.6. The summed E-state index contributed by atoms with van der Waals surface area (Å²) in [6, 6.07) is 12.6. The van der Waals surface area contributed by atoms with E-state index in [1.807, 2.05) is 24.3 Å². The predicted octanol–water partition coefficient (Wildman–Crippen LogP) is 2.82. The minimum absolute atomic E-state index is 0.552. The smallest absolute Gasteiger partial charge is 0.122 e. The Kier molecular flexibility index (Phi) is 2.99. The van der Waals surface area contributed by atoms with Crippen molar-refractivity contribution in [3.8, 4) is 0 Å². The van der Waals surface area contributed by atoms with Crippen LogP contribution in [0.2, 0.25) is 5.02 Å². The van der Waals surface area contributed by atoms with Gasteiger partial charge < -0.3 is 5.11 Å². The highest BCUT2D eigenvalue weighted by molar-refractivity contribution is 6.31. The van der Waals surface area contributed by atoms with Crippen molar-refractivity contribution in [2.75, 3.05) is 0 Å². The van der Waals surface area contributed by atoms with Crippen LogP contribution in [0, 0.1) is 0 Å². The van der Waals surface area contributed by atoms with Crippen LogP contribution in [0.5, 0.6) is 0 Å². The second-order valence-electron chi connectivity index (χ2n) is 3.18. The molecule has 1 atom stereocenters. The molecule has 2 aromatic rings. The van der Waals surface area contributed by atoms with Gasteiger partial charge in [-0.05, 0) is 18.2 Å². The van der Waals surface area contributed by atoms with Gasteiger partial charge in [0.1, 0.15) is 6.10 Å². The van der Waals surface area contributed by atoms with Gasteiger partial charge in [0.15, 0.2) is 0 Å². The third-order valence-corrected chi connectivity index (χ3v) is 2.51. The zero-order chi connectivity index (χ0) is 10.7. The maximum Gasteiger partial charge on any atom is 0.122 e. The van der Waals surface area contributed by atoms with E-state index in [-0.39, 0.29) is 0 Å². The molecule has 0 aliphatic heterocycles. The maximum absolute atomic E-state index is 10.0. The highest BCUT2D eigenvalue weighted by Crippen LogP contribution is 2.26. The van der Waals surface area contributed by atoms with Crippen molar-refractivity contribution in [3.63, 3.8) is 0 Å². The van der Waals surface area contributed by atoms with Crippen LogP contribution in [0.25, 0.3) is 0 Å². The molecule has 1 aromatic heterocycles. The number of hydrogen-bond acceptors (Lipinski definition) is 2. The minimum atomic E-state index is -0.764. The lowest BCUT2D eigenvalue weighted by molar-refractivity contribution is 0.215. The Labute approximate surface area is 93.2 Å². The van der Waals surface area contributed by atoms with Crippen LogP contribution in [0.4, 0.5) is 0 Å². The molecule has 0 fully saturated rings. The van der Waals surface area contributed by atoms with E-state index in [9.17, 15) is 5.11 Å². The normalized spacial score (nSPS) is 12.4. The molecule has 2 nitrogen and oxygen atoms in total. The standard InChI is InChI=1S/C12H10ClNO/c13-10-6-2-1-5-9(10)12(15)11-7-3-4-8-14-11/h1-8,12,15H/t12-/m0/s1. The highest BCUT2D eigenvalue weighted by Gasteiger charge is 2.13. The second-order valence-corrected chi connectivity index (χ2v) is 3.59. The molecule has 0 aliphatic carbocycles. The first-order valence-electron chi connectivity index (χ1n) is 4.62. The molecule has 0 radical (unpaired) electrons. The molecule has 15 heavy (non-hydrogen) atoms. The summed E-state index contributed by atoms with van der Waals surface area (Å²) < 4.78 is 0. The van der Waals surface area contributed by atoms with Crippen LogP contribution >= 0.6 is 11.6 Å². The fourth-order valence-electron chi connectivity index (χ4n) is 1.39. The lowest BCUT2D eigenvalue weighted by Crippen LogP contribution is -2.02. The van der Waals surface area contributed by atoms with E-state index in [1.54, 1.807) is 24.4 Å². The van der Waals surface area contributed by atoms with E-state index < -0.39 is 6.10 Å². The number of pyridine rings is 1. The molecule has 0 unspecified atom stereocenters. The van der Waals surface area contributed by atoms with Crippen molar-refractivity contribution in [1.82, 2.24) is 4.98 Å². The van der Waals surface area contributed by atoms with E-state index in [4.69, 9.17) is 11.6 Å². The van der Waals surface area contributed by atoms with Gasteiger partial charge in [-0.3, -0.25) is 4.98 Å². The van der Waals surface area contributed by atoms with Crippen LogP contribution in [0.1, 0.15) is 17.4 Å². The third kappa shape index (κ3) is 2.17. The molecule has 0 amide bonds. The first-order valence-corrected chi connectivity index (χ1v) is 5.00. The molecular formula is C12H10ClNO. The Balaban J connectivity index is 2.37.